The third kappa shape index (κ3) is 7.49. The third-order valence-corrected chi connectivity index (χ3v) is 4.03. The van der Waals surface area contributed by atoms with Crippen molar-refractivity contribution >= 4 is 0 Å². The molecule has 0 aromatic heterocycles. The Morgan fingerprint density at radius 1 is 0.852 bits per heavy atom. The Labute approximate surface area is 161 Å². The highest BCUT2D eigenvalue weighted by Gasteiger charge is 2.28. The zero-order valence-electron chi connectivity index (χ0n) is 15.6. The molecule has 4 nitrogen and oxygen atoms in total. The van der Waals surface area contributed by atoms with E-state index in [1.807, 2.05) is 60.7 Å². The van der Waals surface area contributed by atoms with Crippen LogP contribution in [0.25, 0.3) is 0 Å². The lowest BCUT2D eigenvalue weighted by Gasteiger charge is -2.29. The van der Waals surface area contributed by atoms with Gasteiger partial charge in [0.2, 0.25) is 0 Å². The van der Waals surface area contributed by atoms with Crippen molar-refractivity contribution in [1.29, 1.82) is 0 Å². The quantitative estimate of drug-likeness (QED) is 0.430. The lowest BCUT2D eigenvalue weighted by molar-refractivity contribution is -0.131. The molecule has 0 saturated carbocycles. The maximum absolute atomic E-state index is 10.6. The van der Waals surface area contributed by atoms with Crippen molar-refractivity contribution in [1.82, 2.24) is 0 Å². The van der Waals surface area contributed by atoms with E-state index in [0.717, 1.165) is 11.1 Å². The van der Waals surface area contributed by atoms with E-state index in [4.69, 9.17) is 14.2 Å². The van der Waals surface area contributed by atoms with Gasteiger partial charge < -0.3 is 19.3 Å². The molecular formula is C23H28O4. The summed E-state index contributed by atoms with van der Waals surface area (Å²) in [5, 5.41) is 10.6. The first-order chi connectivity index (χ1) is 13.2. The van der Waals surface area contributed by atoms with Crippen molar-refractivity contribution in [2.45, 2.75) is 31.5 Å². The fourth-order valence-electron chi connectivity index (χ4n) is 2.62. The molecule has 2 aromatic rings. The summed E-state index contributed by atoms with van der Waals surface area (Å²) in [6, 6.07) is 19.7. The molecular weight excluding hydrogens is 340 g/mol. The van der Waals surface area contributed by atoms with Gasteiger partial charge in [-0.15, -0.1) is 13.2 Å². The molecule has 0 heterocycles. The molecule has 0 aliphatic rings. The van der Waals surface area contributed by atoms with Crippen molar-refractivity contribution in [3.05, 3.63) is 97.1 Å². The topological polar surface area (TPSA) is 47.9 Å². The molecule has 3 atom stereocenters. The summed E-state index contributed by atoms with van der Waals surface area (Å²) in [5.41, 5.74) is 2.07. The van der Waals surface area contributed by atoms with Crippen LogP contribution in [0, 0.1) is 0 Å². The highest BCUT2D eigenvalue weighted by Crippen LogP contribution is 2.16. The second kappa shape index (κ2) is 12.2. The minimum Gasteiger partial charge on any atom is -0.388 e. The number of aliphatic hydroxyl groups excluding tert-OH is 1. The van der Waals surface area contributed by atoms with Crippen molar-refractivity contribution in [2.75, 3.05) is 13.2 Å². The van der Waals surface area contributed by atoms with Crippen LogP contribution in [0.4, 0.5) is 0 Å². The Balaban J connectivity index is 2.02. The molecule has 144 valence electrons. The van der Waals surface area contributed by atoms with Gasteiger partial charge in [-0.1, -0.05) is 72.8 Å². The first-order valence-corrected chi connectivity index (χ1v) is 9.05. The highest BCUT2D eigenvalue weighted by molar-refractivity contribution is 5.14. The summed E-state index contributed by atoms with van der Waals surface area (Å²) in [5.74, 6) is 0. The summed E-state index contributed by atoms with van der Waals surface area (Å²) in [4.78, 5) is 0. The summed E-state index contributed by atoms with van der Waals surface area (Å²) < 4.78 is 17.4. The summed E-state index contributed by atoms with van der Waals surface area (Å²) in [6.07, 6.45) is 1.37. The molecule has 4 heteroatoms. The van der Waals surface area contributed by atoms with Crippen LogP contribution in [0.15, 0.2) is 86.0 Å². The second-order valence-corrected chi connectivity index (χ2v) is 6.15. The molecule has 0 radical (unpaired) electrons. The summed E-state index contributed by atoms with van der Waals surface area (Å²) in [7, 11) is 0. The molecule has 1 N–H and O–H groups in total. The van der Waals surface area contributed by atoms with Gasteiger partial charge in [-0.2, -0.15) is 0 Å². The van der Waals surface area contributed by atoms with Crippen molar-refractivity contribution in [3.8, 4) is 0 Å². The van der Waals surface area contributed by atoms with Gasteiger partial charge in [0.25, 0.3) is 0 Å². The molecule has 0 unspecified atom stereocenters. The van der Waals surface area contributed by atoms with E-state index in [1.165, 1.54) is 0 Å². The van der Waals surface area contributed by atoms with Gasteiger partial charge in [0, 0.05) is 0 Å². The molecule has 2 rings (SSSR count). The van der Waals surface area contributed by atoms with Crippen molar-refractivity contribution in [3.63, 3.8) is 0 Å². The van der Waals surface area contributed by atoms with E-state index in [9.17, 15) is 5.11 Å². The maximum atomic E-state index is 10.6. The normalized spacial score (nSPS) is 14.3. The van der Waals surface area contributed by atoms with E-state index >= 15 is 0 Å². The standard InChI is InChI=1S/C23H28O4/c1-3-15-25-18-21(24)23(27-17-20-13-9-6-10-14-20)22(4-2)26-16-19-11-7-5-8-12-19/h3-14,21-24H,1-2,15-18H2/t21-,22-,23-/m1/s1. The van der Waals surface area contributed by atoms with E-state index in [0.29, 0.717) is 19.8 Å². The van der Waals surface area contributed by atoms with Gasteiger partial charge >= 0.3 is 0 Å². The molecule has 0 fully saturated rings. The van der Waals surface area contributed by atoms with Crippen LogP contribution in [0.1, 0.15) is 11.1 Å². The van der Waals surface area contributed by atoms with E-state index in [-0.39, 0.29) is 6.61 Å². The van der Waals surface area contributed by atoms with Crippen LogP contribution in [-0.2, 0) is 27.4 Å². The smallest absolute Gasteiger partial charge is 0.116 e. The van der Waals surface area contributed by atoms with Gasteiger partial charge in [-0.3, -0.25) is 0 Å². The average Bonchev–Trinajstić information content (AvgIpc) is 2.72. The predicted octanol–water partition coefficient (Wildman–Crippen LogP) is 3.91. The van der Waals surface area contributed by atoms with Crippen LogP contribution < -0.4 is 0 Å². The number of rotatable bonds is 13. The number of hydrogen-bond acceptors (Lipinski definition) is 4. The van der Waals surface area contributed by atoms with Gasteiger partial charge in [-0.25, -0.2) is 0 Å². The van der Waals surface area contributed by atoms with E-state index in [2.05, 4.69) is 13.2 Å². The first kappa shape index (κ1) is 21.1. The highest BCUT2D eigenvalue weighted by atomic mass is 16.6. The molecule has 27 heavy (non-hydrogen) atoms. The minimum atomic E-state index is -0.854. The Hall–Kier alpha value is -2.24. The maximum Gasteiger partial charge on any atom is 0.116 e. The molecule has 0 saturated heterocycles. The molecule has 0 spiro atoms. The monoisotopic (exact) mass is 368 g/mol. The first-order valence-electron chi connectivity index (χ1n) is 9.05. The van der Waals surface area contributed by atoms with Crippen LogP contribution in [-0.4, -0.2) is 36.6 Å². The van der Waals surface area contributed by atoms with Gasteiger partial charge in [0.05, 0.1) is 26.4 Å². The average molecular weight is 368 g/mol. The number of hydrogen-bond donors (Lipinski definition) is 1. The lowest BCUT2D eigenvalue weighted by Crippen LogP contribution is -2.42. The largest absolute Gasteiger partial charge is 0.388 e. The number of aliphatic hydroxyl groups is 1. The molecule has 0 bridgehead atoms. The second-order valence-electron chi connectivity index (χ2n) is 6.15. The molecule has 2 aromatic carbocycles. The van der Waals surface area contributed by atoms with Gasteiger partial charge in [-0.05, 0) is 11.1 Å². The van der Waals surface area contributed by atoms with Gasteiger partial charge in [0.1, 0.15) is 18.3 Å². The van der Waals surface area contributed by atoms with Gasteiger partial charge in [0.15, 0.2) is 0 Å². The fraction of sp³-hybridized carbons (Fsp3) is 0.304. The van der Waals surface area contributed by atoms with E-state index in [1.54, 1.807) is 12.2 Å². The minimum absolute atomic E-state index is 0.129. The number of ether oxygens (including phenoxy) is 3. The van der Waals surface area contributed by atoms with Crippen LogP contribution in [0.2, 0.25) is 0 Å². The summed E-state index contributed by atoms with van der Waals surface area (Å²) >= 11 is 0. The van der Waals surface area contributed by atoms with Crippen LogP contribution in [0.5, 0.6) is 0 Å². The Bertz CT molecular complexity index is 657. The SMILES string of the molecule is C=CCOC[C@@H](O)[C@@H](OCc1ccccc1)[C@@H](C=C)OCc1ccccc1. The Kier molecular flexibility index (Phi) is 9.52. The summed E-state index contributed by atoms with van der Waals surface area (Å²) in [6.45, 7) is 8.74. The van der Waals surface area contributed by atoms with Crippen molar-refractivity contribution < 1.29 is 19.3 Å². The Morgan fingerprint density at radius 2 is 1.41 bits per heavy atom. The zero-order chi connectivity index (χ0) is 19.3. The fourth-order valence-corrected chi connectivity index (χ4v) is 2.62. The van der Waals surface area contributed by atoms with Crippen LogP contribution >= 0.6 is 0 Å². The van der Waals surface area contributed by atoms with E-state index < -0.39 is 18.3 Å². The molecule has 0 aliphatic carbocycles. The number of benzene rings is 2. The van der Waals surface area contributed by atoms with Crippen molar-refractivity contribution in [2.24, 2.45) is 0 Å². The zero-order valence-corrected chi connectivity index (χ0v) is 15.6. The van der Waals surface area contributed by atoms with Crippen LogP contribution in [0.3, 0.4) is 0 Å². The predicted molar refractivity (Wildman–Crippen MR) is 107 cm³/mol. The molecule has 0 amide bonds. The third-order valence-electron chi connectivity index (χ3n) is 4.03. The Morgan fingerprint density at radius 3 is 1.93 bits per heavy atom. The molecule has 0 aliphatic heterocycles. The lowest BCUT2D eigenvalue weighted by atomic mass is 10.1.